The van der Waals surface area contributed by atoms with Gasteiger partial charge >= 0.3 is 5.16 Å². The molecule has 0 amide bonds. The molecule has 2 aromatic carbocycles. The molecule has 1 unspecified atom stereocenters. The quantitative estimate of drug-likeness (QED) is 0.722. The SMILES string of the molecule is CNc1ccccc1C[S+]([O-])c1nc2ccccc2[nH]1.O. The minimum atomic E-state index is -1.19. The number of rotatable bonds is 4. The van der Waals surface area contributed by atoms with Crippen molar-refractivity contribution in [2.24, 2.45) is 0 Å². The maximum atomic E-state index is 12.4. The van der Waals surface area contributed by atoms with Gasteiger partial charge < -0.3 is 15.3 Å². The largest absolute Gasteiger partial charge is 0.609 e. The van der Waals surface area contributed by atoms with E-state index in [0.717, 1.165) is 22.3 Å². The van der Waals surface area contributed by atoms with E-state index in [1.54, 1.807) is 0 Å². The lowest BCUT2D eigenvalue weighted by molar-refractivity contribution is 0.587. The van der Waals surface area contributed by atoms with Crippen molar-refractivity contribution in [1.29, 1.82) is 0 Å². The highest BCUT2D eigenvalue weighted by molar-refractivity contribution is 7.90. The van der Waals surface area contributed by atoms with Crippen LogP contribution >= 0.6 is 0 Å². The number of hydrogen-bond donors (Lipinski definition) is 2. The lowest BCUT2D eigenvalue weighted by Gasteiger charge is -2.10. The molecule has 0 saturated carbocycles. The van der Waals surface area contributed by atoms with Crippen LogP contribution < -0.4 is 5.32 Å². The zero-order chi connectivity index (χ0) is 13.9. The lowest BCUT2D eigenvalue weighted by Crippen LogP contribution is -2.08. The van der Waals surface area contributed by atoms with Crippen LogP contribution in [0.15, 0.2) is 53.7 Å². The van der Waals surface area contributed by atoms with E-state index in [-0.39, 0.29) is 5.48 Å². The highest BCUT2D eigenvalue weighted by Gasteiger charge is 2.18. The number of imidazole rings is 1. The van der Waals surface area contributed by atoms with Crippen molar-refractivity contribution < 1.29 is 10.0 Å². The summed E-state index contributed by atoms with van der Waals surface area (Å²) < 4.78 is 12.4. The van der Waals surface area contributed by atoms with Crippen LogP contribution in [0.3, 0.4) is 0 Å². The third-order valence-corrected chi connectivity index (χ3v) is 4.35. The Morgan fingerprint density at radius 3 is 2.62 bits per heavy atom. The number of nitrogens with one attached hydrogen (secondary N) is 2. The summed E-state index contributed by atoms with van der Waals surface area (Å²) in [6, 6.07) is 15.6. The van der Waals surface area contributed by atoms with Gasteiger partial charge in [-0.05, 0) is 18.2 Å². The maximum absolute atomic E-state index is 12.4. The van der Waals surface area contributed by atoms with E-state index >= 15 is 0 Å². The molecule has 0 radical (unpaired) electrons. The van der Waals surface area contributed by atoms with Gasteiger partial charge in [-0.2, -0.15) is 4.98 Å². The molecule has 6 heteroatoms. The minimum absolute atomic E-state index is 0. The molecule has 0 aliphatic carbocycles. The molecular formula is C15H17N3O2S. The summed E-state index contributed by atoms with van der Waals surface area (Å²) in [4.78, 5) is 7.51. The number of fused-ring (bicyclic) bond motifs is 1. The number of nitrogens with zero attached hydrogens (tertiary/aromatic N) is 1. The Bertz CT molecular complexity index is 697. The molecule has 3 aromatic rings. The molecule has 0 aliphatic rings. The van der Waals surface area contributed by atoms with Gasteiger partial charge in [-0.25, -0.2) is 0 Å². The third-order valence-electron chi connectivity index (χ3n) is 3.16. The van der Waals surface area contributed by atoms with Gasteiger partial charge in [0.05, 0.1) is 11.0 Å². The molecule has 21 heavy (non-hydrogen) atoms. The van der Waals surface area contributed by atoms with Gasteiger partial charge in [0.2, 0.25) is 0 Å². The van der Waals surface area contributed by atoms with Crippen LogP contribution in [0.1, 0.15) is 5.56 Å². The van der Waals surface area contributed by atoms with E-state index in [1.807, 2.05) is 55.6 Å². The van der Waals surface area contributed by atoms with E-state index in [0.29, 0.717) is 10.9 Å². The molecule has 0 aliphatic heterocycles. The number of hydrogen-bond acceptors (Lipinski definition) is 3. The zero-order valence-electron chi connectivity index (χ0n) is 11.6. The molecule has 0 fully saturated rings. The Balaban J connectivity index is 0.00000161. The second kappa shape index (κ2) is 6.62. The number of benzene rings is 2. The first-order valence-electron chi connectivity index (χ1n) is 6.36. The van der Waals surface area contributed by atoms with Crippen molar-refractivity contribution >= 4 is 27.9 Å². The fourth-order valence-corrected chi connectivity index (χ4v) is 3.23. The van der Waals surface area contributed by atoms with E-state index in [1.165, 1.54) is 0 Å². The van der Waals surface area contributed by atoms with Gasteiger partial charge in [0, 0.05) is 29.5 Å². The van der Waals surface area contributed by atoms with Crippen molar-refractivity contribution in [3.05, 3.63) is 54.1 Å². The van der Waals surface area contributed by atoms with Crippen LogP contribution in [0.4, 0.5) is 5.69 Å². The van der Waals surface area contributed by atoms with Crippen molar-refractivity contribution in [3.8, 4) is 0 Å². The van der Waals surface area contributed by atoms with Crippen LogP contribution in [-0.4, -0.2) is 27.0 Å². The Morgan fingerprint density at radius 1 is 1.14 bits per heavy atom. The van der Waals surface area contributed by atoms with E-state index in [9.17, 15) is 4.55 Å². The summed E-state index contributed by atoms with van der Waals surface area (Å²) in [6.07, 6.45) is 0. The standard InChI is InChI=1S/C15H15N3OS.H2O/c1-16-12-7-3-2-6-11(12)10-20(19)15-17-13-8-4-5-9-14(13)18-15;/h2-9,16H,10H2,1H3,(H,17,18);1H2. The molecule has 1 atom stereocenters. The number of aromatic amines is 1. The summed E-state index contributed by atoms with van der Waals surface area (Å²) in [6.45, 7) is 0. The summed E-state index contributed by atoms with van der Waals surface area (Å²) in [5.74, 6) is 0.441. The molecule has 0 saturated heterocycles. The molecule has 1 heterocycles. The molecule has 0 bridgehead atoms. The Kier molecular flexibility index (Phi) is 4.85. The fourth-order valence-electron chi connectivity index (χ4n) is 2.14. The number of H-pyrrole nitrogens is 1. The normalized spacial score (nSPS) is 11.9. The zero-order valence-corrected chi connectivity index (χ0v) is 12.4. The van der Waals surface area contributed by atoms with Crippen LogP contribution in [0.25, 0.3) is 11.0 Å². The lowest BCUT2D eigenvalue weighted by atomic mass is 10.2. The van der Waals surface area contributed by atoms with E-state index in [4.69, 9.17) is 0 Å². The van der Waals surface area contributed by atoms with Crippen molar-refractivity contribution in [3.63, 3.8) is 0 Å². The first-order chi connectivity index (χ1) is 9.78. The highest BCUT2D eigenvalue weighted by Crippen LogP contribution is 2.22. The van der Waals surface area contributed by atoms with Crippen molar-refractivity contribution in [2.45, 2.75) is 10.9 Å². The predicted octanol–water partition coefficient (Wildman–Crippen LogP) is 2.09. The van der Waals surface area contributed by atoms with Crippen LogP contribution in [0, 0.1) is 0 Å². The van der Waals surface area contributed by atoms with Gasteiger partial charge in [0.15, 0.2) is 0 Å². The van der Waals surface area contributed by atoms with E-state index < -0.39 is 11.2 Å². The van der Waals surface area contributed by atoms with Gasteiger partial charge in [0.25, 0.3) is 0 Å². The molecule has 1 aromatic heterocycles. The first kappa shape index (κ1) is 15.4. The monoisotopic (exact) mass is 303 g/mol. The Morgan fingerprint density at radius 2 is 1.86 bits per heavy atom. The van der Waals surface area contributed by atoms with Crippen LogP contribution in [0.2, 0.25) is 0 Å². The summed E-state index contributed by atoms with van der Waals surface area (Å²) in [5, 5.41) is 3.64. The molecule has 5 nitrogen and oxygen atoms in total. The van der Waals surface area contributed by atoms with Gasteiger partial charge in [-0.1, -0.05) is 30.3 Å². The average Bonchev–Trinajstić information content (AvgIpc) is 2.92. The Hall–Kier alpha value is -2.02. The molecule has 0 spiro atoms. The second-order valence-corrected chi connectivity index (χ2v) is 5.82. The molecular weight excluding hydrogens is 286 g/mol. The molecule has 3 rings (SSSR count). The van der Waals surface area contributed by atoms with Crippen molar-refractivity contribution in [2.75, 3.05) is 12.4 Å². The Labute approximate surface area is 125 Å². The number of aromatic nitrogens is 2. The second-order valence-electron chi connectivity index (χ2n) is 4.46. The minimum Gasteiger partial charge on any atom is -0.609 e. The highest BCUT2D eigenvalue weighted by atomic mass is 32.2. The maximum Gasteiger partial charge on any atom is 0.321 e. The smallest absolute Gasteiger partial charge is 0.321 e. The van der Waals surface area contributed by atoms with Crippen LogP contribution in [-0.2, 0) is 16.9 Å². The summed E-state index contributed by atoms with van der Waals surface area (Å²) in [5.41, 5.74) is 3.78. The average molecular weight is 303 g/mol. The molecule has 110 valence electrons. The predicted molar refractivity (Wildman–Crippen MR) is 85.8 cm³/mol. The van der Waals surface area contributed by atoms with Crippen molar-refractivity contribution in [1.82, 2.24) is 9.97 Å². The number of para-hydroxylation sites is 3. The summed E-state index contributed by atoms with van der Waals surface area (Å²) >= 11 is -1.19. The molecule has 4 N–H and O–H groups in total. The topological polar surface area (TPSA) is 95.3 Å². The van der Waals surface area contributed by atoms with Gasteiger partial charge in [-0.15, -0.1) is 0 Å². The number of anilines is 1. The van der Waals surface area contributed by atoms with Gasteiger partial charge in [-0.3, -0.25) is 4.98 Å². The van der Waals surface area contributed by atoms with Gasteiger partial charge in [0.1, 0.15) is 5.75 Å². The van der Waals surface area contributed by atoms with E-state index in [2.05, 4.69) is 15.3 Å². The summed E-state index contributed by atoms with van der Waals surface area (Å²) in [7, 11) is 1.86. The van der Waals surface area contributed by atoms with Crippen LogP contribution in [0.5, 0.6) is 0 Å². The third kappa shape index (κ3) is 3.18. The fraction of sp³-hybridized carbons (Fsp3) is 0.133. The first-order valence-corrected chi connectivity index (χ1v) is 7.68.